The smallest absolute Gasteiger partial charge is 0.326 e. The molecule has 146 valence electrons. The molecule has 2 amide bonds. The number of aliphatic imine (C=N–C) groups is 1. The van der Waals surface area contributed by atoms with Crippen LogP contribution in [0.15, 0.2) is 65.7 Å². The van der Waals surface area contributed by atoms with E-state index in [1.54, 1.807) is 60.7 Å². The average molecular weight is 382 g/mol. The molecule has 2 aromatic rings. The number of hydrogen-bond acceptors (Lipinski definition) is 4. The normalized spacial score (nSPS) is 12.1. The van der Waals surface area contributed by atoms with Crippen LogP contribution in [0.25, 0.3) is 0 Å². The molecule has 0 radical (unpaired) electrons. The summed E-state index contributed by atoms with van der Waals surface area (Å²) in [6.45, 7) is 0.214. The fraction of sp³-hybridized carbons (Fsp3) is 0.200. The van der Waals surface area contributed by atoms with Crippen LogP contribution in [-0.2, 0) is 4.79 Å². The first-order chi connectivity index (χ1) is 13.5. The Balaban J connectivity index is 1.80. The van der Waals surface area contributed by atoms with Crippen molar-refractivity contribution in [3.63, 3.8) is 0 Å². The van der Waals surface area contributed by atoms with Crippen LogP contribution in [0.2, 0.25) is 0 Å². The third kappa shape index (κ3) is 6.56. The van der Waals surface area contributed by atoms with Crippen molar-refractivity contribution in [3.05, 3.63) is 71.8 Å². The van der Waals surface area contributed by atoms with Crippen LogP contribution in [0.5, 0.6) is 0 Å². The maximum atomic E-state index is 12.1. The van der Waals surface area contributed by atoms with Crippen molar-refractivity contribution in [1.82, 2.24) is 10.6 Å². The first-order valence-corrected chi connectivity index (χ1v) is 8.72. The Morgan fingerprint density at radius 2 is 1.46 bits per heavy atom. The van der Waals surface area contributed by atoms with Crippen molar-refractivity contribution in [2.45, 2.75) is 18.9 Å². The van der Waals surface area contributed by atoms with E-state index in [9.17, 15) is 19.5 Å². The lowest BCUT2D eigenvalue weighted by atomic mass is 10.1. The lowest BCUT2D eigenvalue weighted by Crippen LogP contribution is -2.41. The molecule has 0 saturated carbocycles. The number of nitrogens with two attached hydrogens (primary N) is 1. The molecular formula is C20H22N4O4. The number of nitrogens with zero attached hydrogens (tertiary/aromatic N) is 1. The van der Waals surface area contributed by atoms with Gasteiger partial charge in [0.1, 0.15) is 6.04 Å². The number of carboxylic acid groups (broad SMARTS) is 1. The number of carbonyl (C=O) groups is 3. The van der Waals surface area contributed by atoms with Crippen molar-refractivity contribution in [1.29, 1.82) is 0 Å². The molecule has 2 aromatic carbocycles. The zero-order valence-corrected chi connectivity index (χ0v) is 15.2. The summed E-state index contributed by atoms with van der Waals surface area (Å²) in [4.78, 5) is 39.4. The van der Waals surface area contributed by atoms with Gasteiger partial charge >= 0.3 is 5.97 Å². The van der Waals surface area contributed by atoms with E-state index in [1.807, 2.05) is 0 Å². The summed E-state index contributed by atoms with van der Waals surface area (Å²) in [5, 5.41) is 14.2. The Labute approximate surface area is 162 Å². The second-order valence-corrected chi connectivity index (χ2v) is 5.96. The SMILES string of the molecule is NC(=NCCC[C@H](NC(=O)c1ccccc1)C(=O)O)NC(=O)c1ccccc1. The van der Waals surface area contributed by atoms with Gasteiger partial charge in [-0.2, -0.15) is 0 Å². The minimum absolute atomic E-state index is 0.0472. The van der Waals surface area contributed by atoms with Gasteiger partial charge in [-0.3, -0.25) is 19.9 Å². The Morgan fingerprint density at radius 1 is 0.929 bits per heavy atom. The fourth-order valence-electron chi connectivity index (χ4n) is 2.40. The molecule has 28 heavy (non-hydrogen) atoms. The lowest BCUT2D eigenvalue weighted by Gasteiger charge is -2.14. The Kier molecular flexibility index (Phi) is 7.71. The highest BCUT2D eigenvalue weighted by Crippen LogP contribution is 2.03. The first kappa shape index (κ1) is 20.6. The fourth-order valence-corrected chi connectivity index (χ4v) is 2.40. The number of amides is 2. The van der Waals surface area contributed by atoms with Gasteiger partial charge in [0.05, 0.1) is 0 Å². The molecule has 0 aliphatic rings. The third-order valence-corrected chi connectivity index (χ3v) is 3.85. The monoisotopic (exact) mass is 382 g/mol. The molecule has 8 nitrogen and oxygen atoms in total. The molecule has 0 spiro atoms. The number of carbonyl (C=O) groups excluding carboxylic acids is 2. The van der Waals surface area contributed by atoms with E-state index in [-0.39, 0.29) is 24.8 Å². The first-order valence-electron chi connectivity index (χ1n) is 8.72. The predicted molar refractivity (Wildman–Crippen MR) is 105 cm³/mol. The molecule has 0 fully saturated rings. The summed E-state index contributed by atoms with van der Waals surface area (Å²) < 4.78 is 0. The molecule has 0 aliphatic heterocycles. The minimum atomic E-state index is -1.13. The molecule has 0 aromatic heterocycles. The van der Waals surface area contributed by atoms with Gasteiger partial charge < -0.3 is 16.2 Å². The van der Waals surface area contributed by atoms with E-state index in [4.69, 9.17) is 5.73 Å². The number of benzene rings is 2. The predicted octanol–water partition coefficient (Wildman–Crippen LogP) is 1.39. The highest BCUT2D eigenvalue weighted by atomic mass is 16.4. The maximum Gasteiger partial charge on any atom is 0.326 e. The third-order valence-electron chi connectivity index (χ3n) is 3.85. The van der Waals surface area contributed by atoms with Crippen molar-refractivity contribution < 1.29 is 19.5 Å². The topological polar surface area (TPSA) is 134 Å². The van der Waals surface area contributed by atoms with Gasteiger partial charge in [0.15, 0.2) is 5.96 Å². The molecule has 0 bridgehead atoms. The molecule has 0 unspecified atom stereocenters. The zero-order chi connectivity index (χ0) is 20.4. The number of carboxylic acids is 1. The zero-order valence-electron chi connectivity index (χ0n) is 15.2. The lowest BCUT2D eigenvalue weighted by molar-refractivity contribution is -0.139. The van der Waals surface area contributed by atoms with Gasteiger partial charge in [-0.15, -0.1) is 0 Å². The van der Waals surface area contributed by atoms with Crippen molar-refractivity contribution in [3.8, 4) is 0 Å². The Bertz CT molecular complexity index is 838. The molecule has 8 heteroatoms. The molecule has 5 N–H and O–H groups in total. The van der Waals surface area contributed by atoms with E-state index < -0.39 is 17.9 Å². The number of rotatable bonds is 8. The molecule has 1 atom stereocenters. The number of nitrogens with one attached hydrogen (secondary N) is 2. The van der Waals surface area contributed by atoms with Crippen LogP contribution in [-0.4, -0.2) is 41.4 Å². The second kappa shape index (κ2) is 10.5. The van der Waals surface area contributed by atoms with Crippen molar-refractivity contribution in [2.24, 2.45) is 10.7 Å². The van der Waals surface area contributed by atoms with Crippen molar-refractivity contribution >= 4 is 23.7 Å². The number of guanidine groups is 1. The largest absolute Gasteiger partial charge is 0.480 e. The van der Waals surface area contributed by atoms with Crippen LogP contribution in [0.1, 0.15) is 33.6 Å². The highest BCUT2D eigenvalue weighted by molar-refractivity contribution is 6.05. The molecule has 0 heterocycles. The standard InChI is InChI=1S/C20H22N4O4/c21-20(24-18(26)15-10-5-2-6-11-15)22-13-7-12-16(19(27)28)23-17(25)14-8-3-1-4-9-14/h1-6,8-11,16H,7,12-13H2,(H,23,25)(H,27,28)(H3,21,22,24,26)/t16-/m0/s1. The number of hydrogen-bond donors (Lipinski definition) is 4. The highest BCUT2D eigenvalue weighted by Gasteiger charge is 2.20. The van der Waals surface area contributed by atoms with E-state index in [0.717, 1.165) is 0 Å². The van der Waals surface area contributed by atoms with Gasteiger partial charge in [0.2, 0.25) is 0 Å². The summed E-state index contributed by atoms with van der Waals surface area (Å²) in [5.41, 5.74) is 6.52. The molecular weight excluding hydrogens is 360 g/mol. The van der Waals surface area contributed by atoms with Gasteiger partial charge in [-0.05, 0) is 37.1 Å². The van der Waals surface area contributed by atoms with Crippen LogP contribution >= 0.6 is 0 Å². The van der Waals surface area contributed by atoms with E-state index in [0.29, 0.717) is 17.5 Å². The van der Waals surface area contributed by atoms with Crippen LogP contribution in [0.3, 0.4) is 0 Å². The van der Waals surface area contributed by atoms with E-state index in [2.05, 4.69) is 15.6 Å². The summed E-state index contributed by atoms with van der Waals surface area (Å²) in [7, 11) is 0. The van der Waals surface area contributed by atoms with E-state index >= 15 is 0 Å². The molecule has 0 saturated heterocycles. The van der Waals surface area contributed by atoms with E-state index in [1.165, 1.54) is 0 Å². The van der Waals surface area contributed by atoms with Crippen molar-refractivity contribution in [2.75, 3.05) is 6.54 Å². The van der Waals surface area contributed by atoms with Crippen LogP contribution < -0.4 is 16.4 Å². The summed E-state index contributed by atoms with van der Waals surface area (Å²) in [6.07, 6.45) is 0.547. The van der Waals surface area contributed by atoms with Gasteiger partial charge in [-0.25, -0.2) is 4.79 Å². The quantitative estimate of drug-likeness (QED) is 0.311. The maximum absolute atomic E-state index is 12.1. The van der Waals surface area contributed by atoms with Gasteiger partial charge in [0, 0.05) is 17.7 Å². The minimum Gasteiger partial charge on any atom is -0.480 e. The van der Waals surface area contributed by atoms with Gasteiger partial charge in [-0.1, -0.05) is 36.4 Å². The Hall–Kier alpha value is -3.68. The Morgan fingerprint density at radius 3 is 2.00 bits per heavy atom. The summed E-state index contributed by atoms with van der Waals surface area (Å²) in [6, 6.07) is 15.9. The van der Waals surface area contributed by atoms with Crippen LogP contribution in [0, 0.1) is 0 Å². The summed E-state index contributed by atoms with van der Waals surface area (Å²) >= 11 is 0. The molecule has 2 rings (SSSR count). The molecule has 0 aliphatic carbocycles. The van der Waals surface area contributed by atoms with Crippen LogP contribution in [0.4, 0.5) is 0 Å². The second-order valence-electron chi connectivity index (χ2n) is 5.96. The van der Waals surface area contributed by atoms with Gasteiger partial charge in [0.25, 0.3) is 11.8 Å². The summed E-state index contributed by atoms with van der Waals surface area (Å²) in [5.74, 6) is -2.00. The average Bonchev–Trinajstić information content (AvgIpc) is 2.71. The number of aliphatic carboxylic acids is 1.